The molecule has 4 heteroatoms. The van der Waals surface area contributed by atoms with Crippen molar-refractivity contribution in [3.05, 3.63) is 47.7 Å². The van der Waals surface area contributed by atoms with E-state index in [0.717, 1.165) is 12.1 Å². The summed E-state index contributed by atoms with van der Waals surface area (Å²) in [6, 6.07) is 8.46. The Kier molecular flexibility index (Phi) is 2.50. The smallest absolute Gasteiger partial charge is 0.416 e. The third-order valence-electron chi connectivity index (χ3n) is 2.21. The second kappa shape index (κ2) is 3.70. The van der Waals surface area contributed by atoms with E-state index >= 15 is 0 Å². The van der Waals surface area contributed by atoms with E-state index in [0.29, 0.717) is 17.1 Å². The average Bonchev–Trinajstić information content (AvgIpc) is 2.64. The molecular formula is C12H9F3O. The maximum atomic E-state index is 12.5. The first-order chi connectivity index (χ1) is 7.47. The summed E-state index contributed by atoms with van der Waals surface area (Å²) in [5.41, 5.74) is -0.234. The van der Waals surface area contributed by atoms with Gasteiger partial charge in [0.1, 0.15) is 11.5 Å². The summed E-state index contributed by atoms with van der Waals surface area (Å²) < 4.78 is 42.6. The van der Waals surface area contributed by atoms with Crippen molar-refractivity contribution >= 4 is 0 Å². The van der Waals surface area contributed by atoms with Crippen LogP contribution < -0.4 is 0 Å². The number of halogens is 3. The minimum Gasteiger partial charge on any atom is -0.461 e. The lowest BCUT2D eigenvalue weighted by Crippen LogP contribution is -2.04. The van der Waals surface area contributed by atoms with Crippen molar-refractivity contribution in [2.45, 2.75) is 13.1 Å². The van der Waals surface area contributed by atoms with E-state index < -0.39 is 11.7 Å². The SMILES string of the molecule is Cc1ccc(-c2cccc(C(F)(F)F)c2)o1. The number of aryl methyl sites for hydroxylation is 1. The maximum Gasteiger partial charge on any atom is 0.416 e. The van der Waals surface area contributed by atoms with Gasteiger partial charge >= 0.3 is 6.18 Å². The molecular weight excluding hydrogens is 217 g/mol. The Hall–Kier alpha value is -1.71. The fraction of sp³-hybridized carbons (Fsp3) is 0.167. The van der Waals surface area contributed by atoms with Crippen LogP contribution in [0.2, 0.25) is 0 Å². The van der Waals surface area contributed by atoms with Crippen molar-refractivity contribution < 1.29 is 17.6 Å². The molecule has 0 unspecified atom stereocenters. The molecule has 0 radical (unpaired) electrons. The van der Waals surface area contributed by atoms with Gasteiger partial charge in [-0.05, 0) is 31.2 Å². The molecule has 0 fully saturated rings. The molecule has 2 aromatic rings. The maximum absolute atomic E-state index is 12.5. The third-order valence-corrected chi connectivity index (χ3v) is 2.21. The first kappa shape index (κ1) is 10.8. The highest BCUT2D eigenvalue weighted by molar-refractivity contribution is 5.58. The summed E-state index contributed by atoms with van der Waals surface area (Å²) in [4.78, 5) is 0. The van der Waals surface area contributed by atoms with Crippen LogP contribution >= 0.6 is 0 Å². The van der Waals surface area contributed by atoms with Crippen LogP contribution in [0.1, 0.15) is 11.3 Å². The van der Waals surface area contributed by atoms with Crippen LogP contribution in [0.3, 0.4) is 0 Å². The second-order valence-electron chi connectivity index (χ2n) is 3.49. The molecule has 0 spiro atoms. The molecule has 0 bridgehead atoms. The summed E-state index contributed by atoms with van der Waals surface area (Å²) in [5, 5.41) is 0. The largest absolute Gasteiger partial charge is 0.461 e. The van der Waals surface area contributed by atoms with Gasteiger partial charge in [0, 0.05) is 5.56 Å². The van der Waals surface area contributed by atoms with E-state index in [1.54, 1.807) is 25.1 Å². The Morgan fingerprint density at radius 1 is 1.06 bits per heavy atom. The summed E-state index contributed by atoms with van der Waals surface area (Å²) in [6.45, 7) is 1.75. The number of benzene rings is 1. The lowest BCUT2D eigenvalue weighted by molar-refractivity contribution is -0.137. The van der Waals surface area contributed by atoms with E-state index in [1.807, 2.05) is 0 Å². The number of hydrogen-bond donors (Lipinski definition) is 0. The normalized spacial score (nSPS) is 11.8. The monoisotopic (exact) mass is 226 g/mol. The summed E-state index contributed by atoms with van der Waals surface area (Å²) in [5.74, 6) is 1.12. The number of hydrogen-bond acceptors (Lipinski definition) is 1. The molecule has 1 heterocycles. The highest BCUT2D eigenvalue weighted by Crippen LogP contribution is 2.32. The topological polar surface area (TPSA) is 13.1 Å². The standard InChI is InChI=1S/C12H9F3O/c1-8-5-6-11(16-8)9-3-2-4-10(7-9)12(13,14)15/h2-7H,1H3. The lowest BCUT2D eigenvalue weighted by Gasteiger charge is -2.07. The zero-order chi connectivity index (χ0) is 11.8. The van der Waals surface area contributed by atoms with Crippen LogP contribution in [-0.2, 0) is 6.18 Å². The Balaban J connectivity index is 2.44. The van der Waals surface area contributed by atoms with E-state index in [9.17, 15) is 13.2 Å². The molecule has 1 aromatic heterocycles. The quantitative estimate of drug-likeness (QED) is 0.707. The zero-order valence-corrected chi connectivity index (χ0v) is 8.51. The van der Waals surface area contributed by atoms with Crippen LogP contribution in [0.15, 0.2) is 40.8 Å². The van der Waals surface area contributed by atoms with Crippen LogP contribution in [0, 0.1) is 6.92 Å². The van der Waals surface area contributed by atoms with Gasteiger partial charge in [-0.2, -0.15) is 13.2 Å². The minimum atomic E-state index is -4.32. The Morgan fingerprint density at radius 3 is 2.38 bits per heavy atom. The van der Waals surface area contributed by atoms with Gasteiger partial charge in [-0.1, -0.05) is 12.1 Å². The Bertz CT molecular complexity index is 497. The lowest BCUT2D eigenvalue weighted by atomic mass is 10.1. The predicted octanol–water partition coefficient (Wildman–Crippen LogP) is 4.27. The van der Waals surface area contributed by atoms with Crippen molar-refractivity contribution in [2.75, 3.05) is 0 Å². The predicted molar refractivity (Wildman–Crippen MR) is 53.9 cm³/mol. The average molecular weight is 226 g/mol. The van der Waals surface area contributed by atoms with Crippen molar-refractivity contribution in [1.82, 2.24) is 0 Å². The first-order valence-electron chi connectivity index (χ1n) is 4.71. The molecule has 0 aliphatic carbocycles. The zero-order valence-electron chi connectivity index (χ0n) is 8.51. The molecule has 2 rings (SSSR count). The van der Waals surface area contributed by atoms with Crippen LogP contribution in [0.25, 0.3) is 11.3 Å². The Morgan fingerprint density at radius 2 is 1.81 bits per heavy atom. The molecule has 1 nitrogen and oxygen atoms in total. The van der Waals surface area contributed by atoms with Gasteiger partial charge in [-0.3, -0.25) is 0 Å². The molecule has 0 atom stereocenters. The van der Waals surface area contributed by atoms with Crippen LogP contribution in [-0.4, -0.2) is 0 Å². The molecule has 0 N–H and O–H groups in total. The molecule has 0 aliphatic rings. The highest BCUT2D eigenvalue weighted by Gasteiger charge is 2.30. The highest BCUT2D eigenvalue weighted by atomic mass is 19.4. The summed E-state index contributed by atoms with van der Waals surface area (Å²) in [6.07, 6.45) is -4.32. The molecule has 0 amide bonds. The van der Waals surface area contributed by atoms with E-state index in [2.05, 4.69) is 0 Å². The van der Waals surface area contributed by atoms with Crippen molar-refractivity contribution in [3.63, 3.8) is 0 Å². The summed E-state index contributed by atoms with van der Waals surface area (Å²) >= 11 is 0. The molecule has 84 valence electrons. The molecule has 0 saturated carbocycles. The van der Waals surface area contributed by atoms with Gasteiger partial charge in [0.05, 0.1) is 5.56 Å². The summed E-state index contributed by atoms with van der Waals surface area (Å²) in [7, 11) is 0. The Labute approximate surface area is 90.5 Å². The minimum absolute atomic E-state index is 0.433. The van der Waals surface area contributed by atoms with Crippen LogP contribution in [0.4, 0.5) is 13.2 Å². The van der Waals surface area contributed by atoms with Gasteiger partial charge in [-0.15, -0.1) is 0 Å². The number of furan rings is 1. The van der Waals surface area contributed by atoms with Gasteiger partial charge in [0.2, 0.25) is 0 Å². The second-order valence-corrected chi connectivity index (χ2v) is 3.49. The van der Waals surface area contributed by atoms with Crippen molar-refractivity contribution in [3.8, 4) is 11.3 Å². The fourth-order valence-corrected chi connectivity index (χ4v) is 1.44. The van der Waals surface area contributed by atoms with E-state index in [4.69, 9.17) is 4.42 Å². The van der Waals surface area contributed by atoms with Crippen molar-refractivity contribution in [1.29, 1.82) is 0 Å². The molecule has 0 aliphatic heterocycles. The first-order valence-corrected chi connectivity index (χ1v) is 4.71. The van der Waals surface area contributed by atoms with Crippen molar-refractivity contribution in [2.24, 2.45) is 0 Å². The van der Waals surface area contributed by atoms with E-state index in [1.165, 1.54) is 6.07 Å². The van der Waals surface area contributed by atoms with E-state index in [-0.39, 0.29) is 0 Å². The molecule has 1 aromatic carbocycles. The van der Waals surface area contributed by atoms with Gasteiger partial charge in [-0.25, -0.2) is 0 Å². The molecule has 0 saturated heterocycles. The molecule has 16 heavy (non-hydrogen) atoms. The van der Waals surface area contributed by atoms with Gasteiger partial charge in [0.25, 0.3) is 0 Å². The number of rotatable bonds is 1. The van der Waals surface area contributed by atoms with Gasteiger partial charge in [0.15, 0.2) is 0 Å². The van der Waals surface area contributed by atoms with Gasteiger partial charge < -0.3 is 4.42 Å². The number of alkyl halides is 3. The fourth-order valence-electron chi connectivity index (χ4n) is 1.44. The third kappa shape index (κ3) is 2.10. The van der Waals surface area contributed by atoms with Crippen LogP contribution in [0.5, 0.6) is 0 Å².